The molecule has 0 spiro atoms. The van der Waals surface area contributed by atoms with Crippen molar-refractivity contribution in [2.45, 2.75) is 30.6 Å². The molecule has 0 atom stereocenters. The molecule has 1 N–H and O–H groups in total. The fourth-order valence-electron chi connectivity index (χ4n) is 3.44. The molecule has 5 heteroatoms. The summed E-state index contributed by atoms with van der Waals surface area (Å²) in [4.78, 5) is 11.8. The number of sulfone groups is 1. The standard InChI is InChI=1S/C22H20O4S/c1-14-11-15(2)21(16(3)12-14)27(25,26)20-10-9-18(13-19(20)22(23)24)17-7-5-4-6-8-17/h4-13H,1-3H3,(H,23,24). The Morgan fingerprint density at radius 1 is 0.815 bits per heavy atom. The molecule has 3 rings (SSSR count). The second-order valence-corrected chi connectivity index (χ2v) is 8.47. The van der Waals surface area contributed by atoms with Gasteiger partial charge in [0.25, 0.3) is 0 Å². The molecule has 0 aromatic heterocycles. The Balaban J connectivity index is 2.24. The second-order valence-electron chi connectivity index (χ2n) is 6.61. The number of benzene rings is 3. The Bertz CT molecular complexity index is 1110. The fourth-order valence-corrected chi connectivity index (χ4v) is 5.31. The van der Waals surface area contributed by atoms with E-state index in [-0.39, 0.29) is 15.4 Å². The first-order valence-corrected chi connectivity index (χ1v) is 9.96. The van der Waals surface area contributed by atoms with E-state index in [9.17, 15) is 18.3 Å². The number of rotatable bonds is 4. The topological polar surface area (TPSA) is 71.4 Å². The van der Waals surface area contributed by atoms with Crippen LogP contribution in [0.5, 0.6) is 0 Å². The van der Waals surface area contributed by atoms with Crippen LogP contribution in [0.1, 0.15) is 27.0 Å². The maximum atomic E-state index is 13.3. The molecule has 0 aliphatic rings. The van der Waals surface area contributed by atoms with Gasteiger partial charge in [-0.05, 0) is 55.2 Å². The highest BCUT2D eigenvalue weighted by Crippen LogP contribution is 2.32. The number of carboxylic acids is 1. The van der Waals surface area contributed by atoms with Crippen LogP contribution in [0.4, 0.5) is 0 Å². The highest BCUT2D eigenvalue weighted by atomic mass is 32.2. The van der Waals surface area contributed by atoms with Gasteiger partial charge in [-0.1, -0.05) is 54.1 Å². The molecule has 0 saturated heterocycles. The van der Waals surface area contributed by atoms with E-state index in [1.807, 2.05) is 37.3 Å². The smallest absolute Gasteiger partial charge is 0.337 e. The van der Waals surface area contributed by atoms with Gasteiger partial charge in [0.1, 0.15) is 0 Å². The molecule has 3 aromatic rings. The van der Waals surface area contributed by atoms with Crippen molar-refractivity contribution < 1.29 is 18.3 Å². The van der Waals surface area contributed by atoms with E-state index in [2.05, 4.69) is 0 Å². The Morgan fingerprint density at radius 2 is 1.41 bits per heavy atom. The van der Waals surface area contributed by atoms with Crippen molar-refractivity contribution >= 4 is 15.8 Å². The zero-order valence-corrected chi connectivity index (χ0v) is 16.2. The third kappa shape index (κ3) is 3.51. The van der Waals surface area contributed by atoms with E-state index in [1.165, 1.54) is 12.1 Å². The van der Waals surface area contributed by atoms with Crippen LogP contribution >= 0.6 is 0 Å². The van der Waals surface area contributed by atoms with Crippen molar-refractivity contribution in [2.24, 2.45) is 0 Å². The molecule has 0 aliphatic heterocycles. The molecule has 138 valence electrons. The minimum Gasteiger partial charge on any atom is -0.478 e. The Kier molecular flexibility index (Phi) is 4.89. The SMILES string of the molecule is Cc1cc(C)c(S(=O)(=O)c2ccc(-c3ccccc3)cc2C(=O)O)c(C)c1. The summed E-state index contributed by atoms with van der Waals surface area (Å²) in [5.41, 5.74) is 3.43. The number of carboxylic acid groups (broad SMARTS) is 1. The number of aryl methyl sites for hydroxylation is 3. The Labute approximate surface area is 159 Å². The summed E-state index contributed by atoms with van der Waals surface area (Å²) >= 11 is 0. The van der Waals surface area contributed by atoms with E-state index in [1.54, 1.807) is 32.0 Å². The van der Waals surface area contributed by atoms with Crippen molar-refractivity contribution in [1.82, 2.24) is 0 Å². The van der Waals surface area contributed by atoms with Crippen LogP contribution in [0.3, 0.4) is 0 Å². The lowest BCUT2D eigenvalue weighted by Crippen LogP contribution is -2.12. The molecule has 0 amide bonds. The zero-order valence-electron chi connectivity index (χ0n) is 15.4. The molecule has 0 aliphatic carbocycles. The fraction of sp³-hybridized carbons (Fsp3) is 0.136. The predicted molar refractivity (Wildman–Crippen MR) is 105 cm³/mol. The summed E-state index contributed by atoms with van der Waals surface area (Å²) in [5.74, 6) is -1.27. The highest BCUT2D eigenvalue weighted by Gasteiger charge is 2.28. The summed E-state index contributed by atoms with van der Waals surface area (Å²) in [6.07, 6.45) is 0. The van der Waals surface area contributed by atoms with Crippen molar-refractivity contribution in [3.8, 4) is 11.1 Å². The van der Waals surface area contributed by atoms with Crippen molar-refractivity contribution in [2.75, 3.05) is 0 Å². The van der Waals surface area contributed by atoms with Crippen LogP contribution in [-0.2, 0) is 9.84 Å². The second kappa shape index (κ2) is 7.00. The largest absolute Gasteiger partial charge is 0.478 e. The van der Waals surface area contributed by atoms with Crippen LogP contribution in [0.15, 0.2) is 70.5 Å². The number of hydrogen-bond acceptors (Lipinski definition) is 3. The van der Waals surface area contributed by atoms with Gasteiger partial charge in [0.05, 0.1) is 15.4 Å². The van der Waals surface area contributed by atoms with Crippen molar-refractivity contribution in [3.05, 3.63) is 82.9 Å². The van der Waals surface area contributed by atoms with Crippen LogP contribution in [-0.4, -0.2) is 19.5 Å². The summed E-state index contributed by atoms with van der Waals surface area (Å²) in [5, 5.41) is 9.67. The van der Waals surface area contributed by atoms with E-state index < -0.39 is 15.8 Å². The van der Waals surface area contributed by atoms with Gasteiger partial charge in [0.15, 0.2) is 0 Å². The first kappa shape index (κ1) is 18.9. The molecular weight excluding hydrogens is 360 g/mol. The predicted octanol–water partition coefficient (Wildman–Crippen LogP) is 4.81. The van der Waals surface area contributed by atoms with Crippen LogP contribution in [0, 0.1) is 20.8 Å². The van der Waals surface area contributed by atoms with Crippen molar-refractivity contribution in [3.63, 3.8) is 0 Å². The molecule has 0 heterocycles. The molecular formula is C22H20O4S. The van der Waals surface area contributed by atoms with E-state index in [4.69, 9.17) is 0 Å². The summed E-state index contributed by atoms with van der Waals surface area (Å²) < 4.78 is 26.6. The molecule has 0 saturated carbocycles. The van der Waals surface area contributed by atoms with Gasteiger partial charge in [-0.3, -0.25) is 0 Å². The van der Waals surface area contributed by atoms with Gasteiger partial charge >= 0.3 is 5.97 Å². The molecule has 0 unspecified atom stereocenters. The molecule has 3 aromatic carbocycles. The lowest BCUT2D eigenvalue weighted by molar-refractivity contribution is 0.0692. The summed E-state index contributed by atoms with van der Waals surface area (Å²) in [7, 11) is -3.97. The van der Waals surface area contributed by atoms with Gasteiger partial charge in [-0.25, -0.2) is 13.2 Å². The molecule has 4 nitrogen and oxygen atoms in total. The van der Waals surface area contributed by atoms with E-state index in [0.717, 1.165) is 11.1 Å². The number of aromatic carboxylic acids is 1. The Morgan fingerprint density at radius 3 is 1.96 bits per heavy atom. The lowest BCUT2D eigenvalue weighted by atomic mass is 10.0. The first-order chi connectivity index (χ1) is 12.7. The normalized spacial score (nSPS) is 11.4. The average Bonchev–Trinajstić information content (AvgIpc) is 2.60. The molecule has 0 fully saturated rings. The monoisotopic (exact) mass is 380 g/mol. The zero-order chi connectivity index (χ0) is 19.8. The summed E-state index contributed by atoms with van der Waals surface area (Å²) in [6, 6.07) is 17.3. The number of hydrogen-bond donors (Lipinski definition) is 1. The maximum absolute atomic E-state index is 13.3. The van der Waals surface area contributed by atoms with Gasteiger partial charge in [0.2, 0.25) is 9.84 Å². The van der Waals surface area contributed by atoms with Crippen LogP contribution in [0.2, 0.25) is 0 Å². The third-order valence-corrected chi connectivity index (χ3v) is 6.60. The quantitative estimate of drug-likeness (QED) is 0.705. The minimum absolute atomic E-state index is 0.170. The first-order valence-electron chi connectivity index (χ1n) is 8.47. The highest BCUT2D eigenvalue weighted by molar-refractivity contribution is 7.91. The minimum atomic E-state index is -3.97. The molecule has 0 bridgehead atoms. The molecule has 0 radical (unpaired) electrons. The number of carbonyl (C=O) groups is 1. The van der Waals surface area contributed by atoms with E-state index >= 15 is 0 Å². The van der Waals surface area contributed by atoms with E-state index in [0.29, 0.717) is 16.7 Å². The maximum Gasteiger partial charge on any atom is 0.337 e. The van der Waals surface area contributed by atoms with Gasteiger partial charge in [-0.2, -0.15) is 0 Å². The third-order valence-electron chi connectivity index (χ3n) is 4.48. The van der Waals surface area contributed by atoms with Crippen LogP contribution in [0.25, 0.3) is 11.1 Å². The van der Waals surface area contributed by atoms with Gasteiger partial charge in [-0.15, -0.1) is 0 Å². The lowest BCUT2D eigenvalue weighted by Gasteiger charge is -2.15. The van der Waals surface area contributed by atoms with Gasteiger partial charge < -0.3 is 5.11 Å². The van der Waals surface area contributed by atoms with Crippen molar-refractivity contribution in [1.29, 1.82) is 0 Å². The molecule has 27 heavy (non-hydrogen) atoms. The van der Waals surface area contributed by atoms with Gasteiger partial charge in [0, 0.05) is 0 Å². The summed E-state index contributed by atoms with van der Waals surface area (Å²) in [6.45, 7) is 5.35. The Hall–Kier alpha value is -2.92. The van der Waals surface area contributed by atoms with Crippen LogP contribution < -0.4 is 0 Å². The average molecular weight is 380 g/mol.